The number of aryl methyl sites for hydroxylation is 1. The SMILES string of the molecule is O=C(CC1CCc2ccccc21)Nc1nnc(SCc2cccs2)s1. The van der Waals surface area contributed by atoms with E-state index in [2.05, 4.69) is 51.2 Å². The molecule has 1 aliphatic rings. The second-order valence-corrected chi connectivity index (χ2v) is 9.16. The maximum absolute atomic E-state index is 12.4. The van der Waals surface area contributed by atoms with Gasteiger partial charge in [0.1, 0.15) is 0 Å². The number of hydrogen-bond acceptors (Lipinski definition) is 6. The van der Waals surface area contributed by atoms with E-state index in [0.717, 1.165) is 22.9 Å². The Morgan fingerprint density at radius 3 is 3.04 bits per heavy atom. The van der Waals surface area contributed by atoms with Gasteiger partial charge in [-0.05, 0) is 41.3 Å². The molecule has 3 aromatic rings. The number of thiophene rings is 1. The zero-order valence-corrected chi connectivity index (χ0v) is 15.9. The van der Waals surface area contributed by atoms with Crippen LogP contribution in [0, 0.1) is 0 Å². The van der Waals surface area contributed by atoms with E-state index in [-0.39, 0.29) is 5.91 Å². The molecule has 1 unspecified atom stereocenters. The average Bonchev–Trinajstić information content (AvgIpc) is 3.35. The van der Waals surface area contributed by atoms with E-state index in [4.69, 9.17) is 0 Å². The van der Waals surface area contributed by atoms with E-state index < -0.39 is 0 Å². The van der Waals surface area contributed by atoms with Crippen LogP contribution in [-0.4, -0.2) is 16.1 Å². The molecule has 0 radical (unpaired) electrons. The third kappa shape index (κ3) is 4.11. The summed E-state index contributed by atoms with van der Waals surface area (Å²) in [6.07, 6.45) is 2.62. The summed E-state index contributed by atoms with van der Waals surface area (Å²) >= 11 is 4.83. The second kappa shape index (κ2) is 7.68. The van der Waals surface area contributed by atoms with Gasteiger partial charge in [0.25, 0.3) is 0 Å². The Morgan fingerprint density at radius 2 is 2.16 bits per heavy atom. The molecular formula is C18H17N3OS3. The van der Waals surface area contributed by atoms with Crippen molar-refractivity contribution in [1.82, 2.24) is 10.2 Å². The van der Waals surface area contributed by atoms with Crippen molar-refractivity contribution < 1.29 is 4.79 Å². The monoisotopic (exact) mass is 387 g/mol. The van der Waals surface area contributed by atoms with Crippen LogP contribution in [0.2, 0.25) is 0 Å². The van der Waals surface area contributed by atoms with Crippen molar-refractivity contribution in [1.29, 1.82) is 0 Å². The predicted molar refractivity (Wildman–Crippen MR) is 105 cm³/mol. The highest BCUT2D eigenvalue weighted by Crippen LogP contribution is 2.35. The predicted octanol–water partition coefficient (Wildman–Crippen LogP) is 4.95. The maximum atomic E-state index is 12.4. The van der Waals surface area contributed by atoms with Gasteiger partial charge in [0.05, 0.1) is 0 Å². The first kappa shape index (κ1) is 16.8. The van der Waals surface area contributed by atoms with Gasteiger partial charge in [0.2, 0.25) is 11.0 Å². The molecule has 0 bridgehead atoms. The molecule has 0 saturated heterocycles. The number of benzene rings is 1. The van der Waals surface area contributed by atoms with Crippen molar-refractivity contribution in [3.05, 3.63) is 57.8 Å². The molecule has 25 heavy (non-hydrogen) atoms. The normalized spacial score (nSPS) is 15.9. The zero-order valence-electron chi connectivity index (χ0n) is 13.5. The molecular weight excluding hydrogens is 370 g/mol. The van der Waals surface area contributed by atoms with Gasteiger partial charge in [-0.15, -0.1) is 21.5 Å². The van der Waals surface area contributed by atoms with Gasteiger partial charge in [0.15, 0.2) is 4.34 Å². The van der Waals surface area contributed by atoms with Crippen LogP contribution in [0.25, 0.3) is 0 Å². The number of carbonyl (C=O) groups is 1. The van der Waals surface area contributed by atoms with Crippen LogP contribution in [0.1, 0.15) is 34.8 Å². The molecule has 1 N–H and O–H groups in total. The van der Waals surface area contributed by atoms with Crippen LogP contribution >= 0.6 is 34.4 Å². The maximum Gasteiger partial charge on any atom is 0.226 e. The molecule has 2 aromatic heterocycles. The Hall–Kier alpha value is -1.70. The van der Waals surface area contributed by atoms with Gasteiger partial charge in [-0.2, -0.15) is 0 Å². The molecule has 0 saturated carbocycles. The van der Waals surface area contributed by atoms with Crippen molar-refractivity contribution >= 4 is 45.5 Å². The summed E-state index contributed by atoms with van der Waals surface area (Å²) in [6.45, 7) is 0. The van der Waals surface area contributed by atoms with Gasteiger partial charge in [-0.3, -0.25) is 4.79 Å². The minimum atomic E-state index is 0.0210. The number of thioether (sulfide) groups is 1. The van der Waals surface area contributed by atoms with Crippen molar-refractivity contribution in [3.63, 3.8) is 0 Å². The van der Waals surface area contributed by atoms with Crippen LogP contribution in [-0.2, 0) is 17.0 Å². The number of anilines is 1. The summed E-state index contributed by atoms with van der Waals surface area (Å²) in [5, 5.41) is 13.8. The number of nitrogens with zero attached hydrogens (tertiary/aromatic N) is 2. The standard InChI is InChI=1S/C18H17N3OS3/c22-16(10-13-8-7-12-4-1-2-6-15(12)13)19-17-20-21-18(25-17)24-11-14-5-3-9-23-14/h1-6,9,13H,7-8,10-11H2,(H,19,20,22). The van der Waals surface area contributed by atoms with Gasteiger partial charge < -0.3 is 5.32 Å². The van der Waals surface area contributed by atoms with Gasteiger partial charge in [0, 0.05) is 17.1 Å². The molecule has 2 heterocycles. The highest BCUT2D eigenvalue weighted by Gasteiger charge is 2.24. The van der Waals surface area contributed by atoms with E-state index >= 15 is 0 Å². The molecule has 4 nitrogen and oxygen atoms in total. The van der Waals surface area contributed by atoms with E-state index in [1.807, 2.05) is 6.07 Å². The number of nitrogens with one attached hydrogen (secondary N) is 1. The number of carbonyl (C=O) groups excluding carboxylic acids is 1. The third-order valence-corrected chi connectivity index (χ3v) is 7.34. The molecule has 128 valence electrons. The van der Waals surface area contributed by atoms with Gasteiger partial charge >= 0.3 is 0 Å². The lowest BCUT2D eigenvalue weighted by molar-refractivity contribution is -0.116. The second-order valence-electron chi connectivity index (χ2n) is 5.93. The van der Waals surface area contributed by atoms with Crippen LogP contribution in [0.3, 0.4) is 0 Å². The molecule has 7 heteroatoms. The summed E-state index contributed by atoms with van der Waals surface area (Å²) in [5.41, 5.74) is 2.70. The summed E-state index contributed by atoms with van der Waals surface area (Å²) in [4.78, 5) is 13.7. The lowest BCUT2D eigenvalue weighted by Gasteiger charge is -2.10. The Morgan fingerprint density at radius 1 is 1.24 bits per heavy atom. The highest BCUT2D eigenvalue weighted by molar-refractivity contribution is 8.00. The van der Waals surface area contributed by atoms with Gasteiger partial charge in [-0.25, -0.2) is 0 Å². The van der Waals surface area contributed by atoms with Crippen LogP contribution in [0.4, 0.5) is 5.13 Å². The van der Waals surface area contributed by atoms with Crippen LogP contribution in [0.15, 0.2) is 46.1 Å². The third-order valence-electron chi connectivity index (χ3n) is 4.26. The lowest BCUT2D eigenvalue weighted by Crippen LogP contribution is -2.14. The molecule has 4 rings (SSSR count). The fourth-order valence-electron chi connectivity index (χ4n) is 3.10. The first-order chi connectivity index (χ1) is 12.3. The molecule has 1 atom stereocenters. The number of aromatic nitrogens is 2. The molecule has 1 aliphatic carbocycles. The van der Waals surface area contributed by atoms with Crippen LogP contribution in [0.5, 0.6) is 0 Å². The number of fused-ring (bicyclic) bond motifs is 1. The minimum Gasteiger partial charge on any atom is -0.300 e. The summed E-state index contributed by atoms with van der Waals surface area (Å²) in [5.74, 6) is 1.23. The number of amides is 1. The summed E-state index contributed by atoms with van der Waals surface area (Å²) in [7, 11) is 0. The largest absolute Gasteiger partial charge is 0.300 e. The van der Waals surface area contributed by atoms with E-state index in [1.165, 1.54) is 27.3 Å². The molecule has 1 aromatic carbocycles. The fourth-order valence-corrected chi connectivity index (χ4v) is 5.64. The molecule has 1 amide bonds. The zero-order chi connectivity index (χ0) is 17.1. The van der Waals surface area contributed by atoms with Gasteiger partial charge in [-0.1, -0.05) is 53.4 Å². The first-order valence-corrected chi connectivity index (χ1v) is 10.8. The van der Waals surface area contributed by atoms with Crippen molar-refractivity contribution in [2.75, 3.05) is 5.32 Å². The smallest absolute Gasteiger partial charge is 0.226 e. The van der Waals surface area contributed by atoms with E-state index in [9.17, 15) is 4.79 Å². The minimum absolute atomic E-state index is 0.0210. The van der Waals surface area contributed by atoms with Crippen LogP contribution < -0.4 is 5.32 Å². The first-order valence-electron chi connectivity index (χ1n) is 8.14. The Kier molecular flexibility index (Phi) is 5.14. The average molecular weight is 388 g/mol. The lowest BCUT2D eigenvalue weighted by atomic mass is 9.97. The molecule has 0 fully saturated rings. The topological polar surface area (TPSA) is 54.9 Å². The Labute approximate surface area is 158 Å². The van der Waals surface area contributed by atoms with Crippen molar-refractivity contribution in [2.24, 2.45) is 0 Å². The van der Waals surface area contributed by atoms with E-state index in [0.29, 0.717) is 17.5 Å². The number of rotatable bonds is 6. The Bertz CT molecular complexity index is 860. The quantitative estimate of drug-likeness (QED) is 0.480. The number of hydrogen-bond donors (Lipinski definition) is 1. The fraction of sp³-hybridized carbons (Fsp3) is 0.278. The highest BCUT2D eigenvalue weighted by atomic mass is 32.2. The van der Waals surface area contributed by atoms with Crippen molar-refractivity contribution in [2.45, 2.75) is 35.3 Å². The van der Waals surface area contributed by atoms with Crippen molar-refractivity contribution in [3.8, 4) is 0 Å². The molecule has 0 aliphatic heterocycles. The summed E-state index contributed by atoms with van der Waals surface area (Å²) < 4.78 is 0.884. The Balaban J connectivity index is 1.31. The van der Waals surface area contributed by atoms with E-state index in [1.54, 1.807) is 23.1 Å². The molecule has 0 spiro atoms. The summed E-state index contributed by atoms with van der Waals surface area (Å²) in [6, 6.07) is 12.6.